The zero-order chi connectivity index (χ0) is 24.3. The van der Waals surface area contributed by atoms with E-state index >= 15 is 0 Å². The van der Waals surface area contributed by atoms with Crippen molar-refractivity contribution in [3.05, 3.63) is 102 Å². The van der Waals surface area contributed by atoms with E-state index < -0.39 is 6.04 Å². The normalized spacial score (nSPS) is 11.6. The summed E-state index contributed by atoms with van der Waals surface area (Å²) in [6, 6.07) is 26.5. The number of carbonyl (C=O) groups is 2. The first-order valence-electron chi connectivity index (χ1n) is 11.8. The maximum Gasteiger partial charge on any atom is 0.261 e. The second-order valence-electron chi connectivity index (χ2n) is 8.91. The van der Waals surface area contributed by atoms with Crippen molar-refractivity contribution < 1.29 is 14.3 Å². The predicted octanol–water partition coefficient (Wildman–Crippen LogP) is 4.79. The number of carbonyl (C=O) groups excluding carboxylic acids is 2. The molecule has 178 valence electrons. The van der Waals surface area contributed by atoms with Crippen molar-refractivity contribution in [1.82, 2.24) is 10.2 Å². The lowest BCUT2D eigenvalue weighted by molar-refractivity contribution is -0.142. The van der Waals surface area contributed by atoms with Gasteiger partial charge >= 0.3 is 0 Å². The molecule has 34 heavy (non-hydrogen) atoms. The minimum atomic E-state index is -0.658. The van der Waals surface area contributed by atoms with Crippen LogP contribution in [-0.2, 0) is 22.6 Å². The smallest absolute Gasteiger partial charge is 0.261 e. The van der Waals surface area contributed by atoms with E-state index in [1.165, 1.54) is 0 Å². The van der Waals surface area contributed by atoms with Crippen LogP contribution in [0.15, 0.2) is 84.9 Å². The van der Waals surface area contributed by atoms with Gasteiger partial charge in [0.05, 0.1) is 0 Å². The molecule has 5 nitrogen and oxygen atoms in total. The van der Waals surface area contributed by atoms with E-state index in [4.69, 9.17) is 4.74 Å². The van der Waals surface area contributed by atoms with Gasteiger partial charge in [-0.3, -0.25) is 9.59 Å². The molecule has 5 heteroatoms. The van der Waals surface area contributed by atoms with Gasteiger partial charge in [-0.05, 0) is 35.6 Å². The van der Waals surface area contributed by atoms with Crippen LogP contribution in [0.1, 0.15) is 30.5 Å². The zero-order valence-corrected chi connectivity index (χ0v) is 20.2. The third kappa shape index (κ3) is 7.48. The minimum absolute atomic E-state index is 0.138. The number of para-hydroxylation sites is 1. The molecule has 0 saturated carbocycles. The van der Waals surface area contributed by atoms with E-state index in [2.05, 4.69) is 19.2 Å². The molecular formula is C29H34N2O3. The molecule has 0 radical (unpaired) electrons. The Morgan fingerprint density at radius 2 is 1.44 bits per heavy atom. The number of benzene rings is 3. The molecular weight excluding hydrogens is 424 g/mol. The number of nitrogens with one attached hydrogen (secondary N) is 1. The first-order chi connectivity index (χ1) is 16.4. The van der Waals surface area contributed by atoms with Crippen LogP contribution in [0, 0.1) is 12.8 Å². The quantitative estimate of drug-likeness (QED) is 0.450. The highest BCUT2D eigenvalue weighted by atomic mass is 16.5. The van der Waals surface area contributed by atoms with Crippen LogP contribution >= 0.6 is 0 Å². The highest BCUT2D eigenvalue weighted by Gasteiger charge is 2.30. The summed E-state index contributed by atoms with van der Waals surface area (Å²) in [5.41, 5.74) is 2.92. The second-order valence-corrected chi connectivity index (χ2v) is 8.91. The zero-order valence-electron chi connectivity index (χ0n) is 20.2. The summed E-state index contributed by atoms with van der Waals surface area (Å²) in [6.45, 7) is 6.78. The third-order valence-electron chi connectivity index (χ3n) is 5.60. The van der Waals surface area contributed by atoms with Gasteiger partial charge in [0.2, 0.25) is 5.91 Å². The number of aryl methyl sites for hydroxylation is 1. The molecule has 0 aromatic heterocycles. The van der Waals surface area contributed by atoms with E-state index in [0.717, 1.165) is 16.7 Å². The lowest BCUT2D eigenvalue weighted by atomic mass is 10.0. The van der Waals surface area contributed by atoms with Gasteiger partial charge in [-0.25, -0.2) is 0 Å². The number of amides is 2. The molecule has 2 amide bonds. The summed E-state index contributed by atoms with van der Waals surface area (Å²) in [5.74, 6) is 0.592. The summed E-state index contributed by atoms with van der Waals surface area (Å²) in [5, 5.41) is 3.03. The van der Waals surface area contributed by atoms with E-state index in [9.17, 15) is 9.59 Å². The number of hydrogen-bond acceptors (Lipinski definition) is 3. The Morgan fingerprint density at radius 1 is 0.853 bits per heavy atom. The minimum Gasteiger partial charge on any atom is -0.484 e. The molecule has 0 aliphatic heterocycles. The van der Waals surface area contributed by atoms with Crippen molar-refractivity contribution in [3.8, 4) is 5.75 Å². The fourth-order valence-electron chi connectivity index (χ4n) is 3.70. The predicted molar refractivity (Wildman–Crippen MR) is 135 cm³/mol. The fourth-order valence-corrected chi connectivity index (χ4v) is 3.70. The molecule has 0 fully saturated rings. The number of nitrogens with zero attached hydrogens (tertiary/aromatic N) is 1. The highest BCUT2D eigenvalue weighted by molar-refractivity contribution is 5.88. The largest absolute Gasteiger partial charge is 0.484 e. The maximum absolute atomic E-state index is 13.5. The Bertz CT molecular complexity index is 1050. The molecule has 3 aromatic carbocycles. The van der Waals surface area contributed by atoms with Gasteiger partial charge < -0.3 is 15.0 Å². The standard InChI is InChI=1S/C29H34N2O3/c1-22(2)19-30-29(33)26(18-24-13-6-4-7-14-24)31(20-25-15-8-5-9-16-25)28(32)21-34-27-17-11-10-12-23(27)3/h4-17,22,26H,18-21H2,1-3H3,(H,30,33)/t26-/m0/s1. The van der Waals surface area contributed by atoms with Crippen LogP contribution in [-0.4, -0.2) is 35.9 Å². The van der Waals surface area contributed by atoms with Crippen LogP contribution < -0.4 is 10.1 Å². The Morgan fingerprint density at radius 3 is 2.06 bits per heavy atom. The third-order valence-corrected chi connectivity index (χ3v) is 5.60. The molecule has 0 aliphatic rings. The van der Waals surface area contributed by atoms with Gasteiger partial charge in [-0.2, -0.15) is 0 Å². The molecule has 3 rings (SSSR count). The van der Waals surface area contributed by atoms with Gasteiger partial charge in [-0.15, -0.1) is 0 Å². The molecule has 0 heterocycles. The van der Waals surface area contributed by atoms with E-state index in [0.29, 0.717) is 31.2 Å². The molecule has 3 aromatic rings. The topological polar surface area (TPSA) is 58.6 Å². The molecule has 0 aliphatic carbocycles. The Labute approximate surface area is 202 Å². The van der Waals surface area contributed by atoms with Crippen LogP contribution in [0.3, 0.4) is 0 Å². The molecule has 1 N–H and O–H groups in total. The van der Waals surface area contributed by atoms with Crippen LogP contribution in [0.25, 0.3) is 0 Å². The van der Waals surface area contributed by atoms with Gasteiger partial charge in [0.1, 0.15) is 11.8 Å². The lowest BCUT2D eigenvalue weighted by Gasteiger charge is -2.31. The van der Waals surface area contributed by atoms with E-state index in [-0.39, 0.29) is 18.4 Å². The fraction of sp³-hybridized carbons (Fsp3) is 0.310. The van der Waals surface area contributed by atoms with Crippen LogP contribution in [0.5, 0.6) is 5.75 Å². The van der Waals surface area contributed by atoms with Crippen LogP contribution in [0.2, 0.25) is 0 Å². The average Bonchev–Trinajstić information content (AvgIpc) is 2.85. The maximum atomic E-state index is 13.5. The van der Waals surface area contributed by atoms with Crippen molar-refractivity contribution in [2.45, 2.75) is 39.8 Å². The Kier molecular flexibility index (Phi) is 9.27. The summed E-state index contributed by atoms with van der Waals surface area (Å²) in [7, 11) is 0. The van der Waals surface area contributed by atoms with Crippen molar-refractivity contribution >= 4 is 11.8 Å². The van der Waals surface area contributed by atoms with Crippen molar-refractivity contribution in [1.29, 1.82) is 0 Å². The first kappa shape index (κ1) is 25.0. The Balaban J connectivity index is 1.88. The molecule has 0 unspecified atom stereocenters. The van der Waals surface area contributed by atoms with Crippen molar-refractivity contribution in [2.24, 2.45) is 5.92 Å². The molecule has 1 atom stereocenters. The Hall–Kier alpha value is -3.60. The first-order valence-corrected chi connectivity index (χ1v) is 11.8. The lowest BCUT2D eigenvalue weighted by Crippen LogP contribution is -2.52. The highest BCUT2D eigenvalue weighted by Crippen LogP contribution is 2.18. The van der Waals surface area contributed by atoms with E-state index in [1.807, 2.05) is 91.9 Å². The summed E-state index contributed by atoms with van der Waals surface area (Å²) in [6.07, 6.45) is 0.424. The van der Waals surface area contributed by atoms with Crippen molar-refractivity contribution in [3.63, 3.8) is 0 Å². The SMILES string of the molecule is Cc1ccccc1OCC(=O)N(Cc1ccccc1)[C@@H](Cc1ccccc1)C(=O)NCC(C)C. The summed E-state index contributed by atoms with van der Waals surface area (Å²) >= 11 is 0. The number of ether oxygens (including phenoxy) is 1. The number of rotatable bonds is 11. The van der Waals surface area contributed by atoms with Gasteiger partial charge in [0, 0.05) is 19.5 Å². The van der Waals surface area contributed by atoms with Crippen LogP contribution in [0.4, 0.5) is 0 Å². The molecule has 0 saturated heterocycles. The summed E-state index contributed by atoms with van der Waals surface area (Å²) < 4.78 is 5.87. The van der Waals surface area contributed by atoms with Gasteiger partial charge in [-0.1, -0.05) is 92.7 Å². The second kappa shape index (κ2) is 12.6. The van der Waals surface area contributed by atoms with Gasteiger partial charge in [0.25, 0.3) is 5.91 Å². The molecule has 0 bridgehead atoms. The summed E-state index contributed by atoms with van der Waals surface area (Å²) in [4.78, 5) is 28.5. The van der Waals surface area contributed by atoms with E-state index in [1.54, 1.807) is 4.90 Å². The monoisotopic (exact) mass is 458 g/mol. The average molecular weight is 459 g/mol. The van der Waals surface area contributed by atoms with Crippen molar-refractivity contribution in [2.75, 3.05) is 13.2 Å². The van der Waals surface area contributed by atoms with Gasteiger partial charge in [0.15, 0.2) is 6.61 Å². The molecule has 0 spiro atoms. The number of hydrogen-bond donors (Lipinski definition) is 1.